The Morgan fingerprint density at radius 1 is 1.36 bits per heavy atom. The second-order valence-corrected chi connectivity index (χ2v) is 5.89. The van der Waals surface area contributed by atoms with E-state index < -0.39 is 5.54 Å². The molecule has 2 amide bonds. The molecule has 6 heteroatoms. The van der Waals surface area contributed by atoms with Crippen LogP contribution in [0.1, 0.15) is 18.4 Å². The minimum absolute atomic E-state index is 0.0974. The Hall–Kier alpha value is -2.08. The van der Waals surface area contributed by atoms with E-state index >= 15 is 0 Å². The molecule has 1 aromatic rings. The number of piperidine rings is 1. The van der Waals surface area contributed by atoms with E-state index in [1.54, 1.807) is 4.90 Å². The standard InChI is InChI=1S/C16H20N2O4/c19-14-10-21-12-16(17-14)7-4-8-18(11-16)15(20)22-9-13-5-2-1-3-6-13/h1-3,5-6H,4,7-12H2,(H,17,19). The minimum atomic E-state index is -0.459. The third-order valence-corrected chi connectivity index (χ3v) is 4.06. The first-order valence-electron chi connectivity index (χ1n) is 7.51. The highest BCUT2D eigenvalue weighted by atomic mass is 16.6. The molecule has 0 radical (unpaired) electrons. The molecule has 22 heavy (non-hydrogen) atoms. The molecule has 118 valence electrons. The molecule has 0 aromatic heterocycles. The van der Waals surface area contributed by atoms with Gasteiger partial charge in [0.2, 0.25) is 5.91 Å². The van der Waals surface area contributed by atoms with Crippen LogP contribution in [-0.4, -0.2) is 48.7 Å². The fourth-order valence-corrected chi connectivity index (χ4v) is 3.03. The summed E-state index contributed by atoms with van der Waals surface area (Å²) in [5.41, 5.74) is 0.496. The zero-order chi connectivity index (χ0) is 15.4. The monoisotopic (exact) mass is 304 g/mol. The lowest BCUT2D eigenvalue weighted by atomic mass is 9.89. The summed E-state index contributed by atoms with van der Waals surface area (Å²) in [7, 11) is 0. The molecule has 1 unspecified atom stereocenters. The summed E-state index contributed by atoms with van der Waals surface area (Å²) >= 11 is 0. The van der Waals surface area contributed by atoms with Crippen LogP contribution in [-0.2, 0) is 20.9 Å². The summed E-state index contributed by atoms with van der Waals surface area (Å²) < 4.78 is 10.7. The van der Waals surface area contributed by atoms with Crippen LogP contribution in [0.5, 0.6) is 0 Å². The summed E-state index contributed by atoms with van der Waals surface area (Å²) in [5.74, 6) is -0.120. The van der Waals surface area contributed by atoms with E-state index in [1.165, 1.54) is 0 Å². The summed E-state index contributed by atoms with van der Waals surface area (Å²) in [5, 5.41) is 2.98. The molecule has 2 aliphatic rings. The summed E-state index contributed by atoms with van der Waals surface area (Å²) in [4.78, 5) is 25.4. The zero-order valence-electron chi connectivity index (χ0n) is 12.4. The molecule has 2 saturated heterocycles. The number of nitrogens with one attached hydrogen (secondary N) is 1. The van der Waals surface area contributed by atoms with E-state index in [0.717, 1.165) is 18.4 Å². The van der Waals surface area contributed by atoms with Crippen LogP contribution in [0.4, 0.5) is 4.79 Å². The highest BCUT2D eigenvalue weighted by Gasteiger charge is 2.41. The molecule has 2 aliphatic heterocycles. The summed E-state index contributed by atoms with van der Waals surface area (Å²) in [6.07, 6.45) is 1.30. The summed E-state index contributed by atoms with van der Waals surface area (Å²) in [6.45, 7) is 1.88. The van der Waals surface area contributed by atoms with Gasteiger partial charge in [-0.1, -0.05) is 30.3 Å². The van der Waals surface area contributed by atoms with Gasteiger partial charge in [0.25, 0.3) is 0 Å². The van der Waals surface area contributed by atoms with Crippen molar-refractivity contribution in [2.24, 2.45) is 0 Å². The van der Waals surface area contributed by atoms with E-state index in [-0.39, 0.29) is 25.2 Å². The number of amides is 2. The van der Waals surface area contributed by atoms with Crippen LogP contribution in [0.15, 0.2) is 30.3 Å². The second-order valence-electron chi connectivity index (χ2n) is 5.89. The zero-order valence-corrected chi connectivity index (χ0v) is 12.4. The molecule has 0 bridgehead atoms. The van der Waals surface area contributed by atoms with Crippen molar-refractivity contribution in [3.63, 3.8) is 0 Å². The highest BCUT2D eigenvalue weighted by molar-refractivity contribution is 5.79. The number of ether oxygens (including phenoxy) is 2. The largest absolute Gasteiger partial charge is 0.445 e. The Labute approximate surface area is 129 Å². The average molecular weight is 304 g/mol. The number of nitrogens with zero attached hydrogens (tertiary/aromatic N) is 1. The SMILES string of the molecule is O=C1COCC2(CCCN(C(=O)OCc3ccccc3)C2)N1. The third kappa shape index (κ3) is 3.39. The maximum Gasteiger partial charge on any atom is 0.410 e. The van der Waals surface area contributed by atoms with Gasteiger partial charge in [-0.2, -0.15) is 0 Å². The normalized spacial score (nSPS) is 24.9. The predicted molar refractivity (Wildman–Crippen MR) is 79.1 cm³/mol. The van der Waals surface area contributed by atoms with E-state index in [0.29, 0.717) is 19.7 Å². The van der Waals surface area contributed by atoms with Gasteiger partial charge in [0.1, 0.15) is 13.2 Å². The smallest absolute Gasteiger partial charge is 0.410 e. The lowest BCUT2D eigenvalue weighted by Crippen LogP contribution is -2.65. The predicted octanol–water partition coefficient (Wildman–Crippen LogP) is 1.30. The number of hydrogen-bond donors (Lipinski definition) is 1. The average Bonchev–Trinajstić information content (AvgIpc) is 2.53. The lowest BCUT2D eigenvalue weighted by Gasteiger charge is -2.44. The van der Waals surface area contributed by atoms with Crippen molar-refractivity contribution in [1.82, 2.24) is 10.2 Å². The molecule has 0 aliphatic carbocycles. The molecule has 2 heterocycles. The molecular formula is C16H20N2O4. The third-order valence-electron chi connectivity index (χ3n) is 4.06. The van der Waals surface area contributed by atoms with Gasteiger partial charge in [0, 0.05) is 13.1 Å². The van der Waals surface area contributed by atoms with Gasteiger partial charge in [0.15, 0.2) is 0 Å². The van der Waals surface area contributed by atoms with Gasteiger partial charge in [-0.25, -0.2) is 4.79 Å². The van der Waals surface area contributed by atoms with E-state index in [9.17, 15) is 9.59 Å². The van der Waals surface area contributed by atoms with Crippen molar-refractivity contribution in [2.75, 3.05) is 26.3 Å². The molecular weight excluding hydrogens is 284 g/mol. The number of carbonyl (C=O) groups is 2. The number of benzene rings is 1. The van der Waals surface area contributed by atoms with Gasteiger partial charge in [0.05, 0.1) is 12.1 Å². The number of likely N-dealkylation sites (tertiary alicyclic amines) is 1. The molecule has 3 rings (SSSR count). The number of morpholine rings is 1. The van der Waals surface area contributed by atoms with Gasteiger partial charge in [-0.15, -0.1) is 0 Å². The fourth-order valence-electron chi connectivity index (χ4n) is 3.03. The molecule has 0 saturated carbocycles. The lowest BCUT2D eigenvalue weighted by molar-refractivity contribution is -0.137. The fraction of sp³-hybridized carbons (Fsp3) is 0.500. The van der Waals surface area contributed by atoms with Crippen LogP contribution in [0.25, 0.3) is 0 Å². The van der Waals surface area contributed by atoms with Crippen LogP contribution in [0, 0.1) is 0 Å². The van der Waals surface area contributed by atoms with E-state index in [1.807, 2.05) is 30.3 Å². The van der Waals surface area contributed by atoms with Gasteiger partial charge in [-0.3, -0.25) is 4.79 Å². The summed E-state index contributed by atoms with van der Waals surface area (Å²) in [6, 6.07) is 9.58. The van der Waals surface area contributed by atoms with Gasteiger partial charge in [-0.05, 0) is 18.4 Å². The highest BCUT2D eigenvalue weighted by Crippen LogP contribution is 2.24. The molecule has 1 spiro atoms. The topological polar surface area (TPSA) is 67.9 Å². The maximum absolute atomic E-state index is 12.2. The molecule has 6 nitrogen and oxygen atoms in total. The van der Waals surface area contributed by atoms with Crippen LogP contribution < -0.4 is 5.32 Å². The Balaban J connectivity index is 1.57. The first-order valence-corrected chi connectivity index (χ1v) is 7.51. The Kier molecular flexibility index (Phi) is 4.29. The second kappa shape index (κ2) is 6.36. The van der Waals surface area contributed by atoms with Crippen molar-refractivity contribution >= 4 is 12.0 Å². The van der Waals surface area contributed by atoms with Crippen molar-refractivity contribution in [3.8, 4) is 0 Å². The van der Waals surface area contributed by atoms with Crippen molar-refractivity contribution in [1.29, 1.82) is 0 Å². The Morgan fingerprint density at radius 3 is 2.95 bits per heavy atom. The Morgan fingerprint density at radius 2 is 2.18 bits per heavy atom. The molecule has 1 atom stereocenters. The minimum Gasteiger partial charge on any atom is -0.445 e. The van der Waals surface area contributed by atoms with Crippen LogP contribution in [0.3, 0.4) is 0 Å². The van der Waals surface area contributed by atoms with Crippen molar-refractivity contribution in [3.05, 3.63) is 35.9 Å². The quantitative estimate of drug-likeness (QED) is 0.894. The molecule has 2 fully saturated rings. The molecule has 1 N–H and O–H groups in total. The van der Waals surface area contributed by atoms with Crippen LogP contribution in [0.2, 0.25) is 0 Å². The maximum atomic E-state index is 12.2. The van der Waals surface area contributed by atoms with E-state index in [2.05, 4.69) is 5.32 Å². The molecule has 1 aromatic carbocycles. The van der Waals surface area contributed by atoms with E-state index in [4.69, 9.17) is 9.47 Å². The first kappa shape index (κ1) is 14.8. The van der Waals surface area contributed by atoms with Crippen molar-refractivity contribution in [2.45, 2.75) is 25.0 Å². The first-order chi connectivity index (χ1) is 10.7. The van der Waals surface area contributed by atoms with Gasteiger partial charge >= 0.3 is 6.09 Å². The Bertz CT molecular complexity index is 544. The number of carbonyl (C=O) groups excluding carboxylic acids is 2. The number of hydrogen-bond acceptors (Lipinski definition) is 4. The van der Waals surface area contributed by atoms with Gasteiger partial charge < -0.3 is 19.7 Å². The number of rotatable bonds is 2. The van der Waals surface area contributed by atoms with Crippen LogP contribution >= 0.6 is 0 Å². The van der Waals surface area contributed by atoms with Crippen molar-refractivity contribution < 1.29 is 19.1 Å².